The smallest absolute Gasteiger partial charge is 0.228 e. The lowest BCUT2D eigenvalue weighted by atomic mass is 9.76. The Morgan fingerprint density at radius 1 is 1.08 bits per heavy atom. The summed E-state index contributed by atoms with van der Waals surface area (Å²) in [6.45, 7) is 12.3. The van der Waals surface area contributed by atoms with Crippen molar-refractivity contribution in [1.29, 1.82) is 0 Å². The van der Waals surface area contributed by atoms with E-state index in [1.54, 1.807) is 6.92 Å². The second-order valence-corrected chi connectivity index (χ2v) is 7.60. The van der Waals surface area contributed by atoms with Gasteiger partial charge in [-0.2, -0.15) is 0 Å². The van der Waals surface area contributed by atoms with Gasteiger partial charge in [-0.25, -0.2) is 0 Å². The van der Waals surface area contributed by atoms with Crippen molar-refractivity contribution >= 4 is 11.6 Å². The fourth-order valence-electron chi connectivity index (χ4n) is 3.33. The first-order chi connectivity index (χ1) is 11.0. The summed E-state index contributed by atoms with van der Waals surface area (Å²) in [6.07, 6.45) is 3.63. The average Bonchev–Trinajstić information content (AvgIpc) is 2.45. The van der Waals surface area contributed by atoms with Crippen molar-refractivity contribution in [3.63, 3.8) is 0 Å². The SMILES string of the molecule is COC1=C(OC)C(=O)C(CC(C)(C)C/C(C)=C/C(C)C)=C(C)C1=O. The van der Waals surface area contributed by atoms with Gasteiger partial charge in [0.2, 0.25) is 23.1 Å². The second-order valence-electron chi connectivity index (χ2n) is 7.60. The first-order valence-corrected chi connectivity index (χ1v) is 8.32. The minimum atomic E-state index is -0.269. The Morgan fingerprint density at radius 3 is 2.04 bits per heavy atom. The third-order valence-corrected chi connectivity index (χ3v) is 4.12. The van der Waals surface area contributed by atoms with Gasteiger partial charge in [0.1, 0.15) is 0 Å². The van der Waals surface area contributed by atoms with Gasteiger partial charge in [0.15, 0.2) is 0 Å². The van der Waals surface area contributed by atoms with E-state index in [0.717, 1.165) is 6.42 Å². The molecule has 0 fully saturated rings. The quantitative estimate of drug-likeness (QED) is 0.512. The number of methoxy groups -OCH3 is 2. The molecule has 0 spiro atoms. The molecular formula is C20H30O4. The van der Waals surface area contributed by atoms with Crippen LogP contribution in [0, 0.1) is 11.3 Å². The molecule has 24 heavy (non-hydrogen) atoms. The minimum Gasteiger partial charge on any atom is -0.489 e. The molecule has 0 aromatic carbocycles. The molecule has 0 unspecified atom stereocenters. The van der Waals surface area contributed by atoms with Crippen LogP contribution >= 0.6 is 0 Å². The maximum atomic E-state index is 12.7. The Labute approximate surface area is 145 Å². The maximum absolute atomic E-state index is 12.7. The van der Waals surface area contributed by atoms with Crippen molar-refractivity contribution in [2.75, 3.05) is 14.2 Å². The largest absolute Gasteiger partial charge is 0.489 e. The van der Waals surface area contributed by atoms with E-state index >= 15 is 0 Å². The number of Topliss-reactive ketones (excluding diaryl/α,β-unsaturated/α-hetero) is 2. The Balaban J connectivity index is 3.11. The van der Waals surface area contributed by atoms with Crippen LogP contribution in [0.25, 0.3) is 0 Å². The van der Waals surface area contributed by atoms with E-state index < -0.39 is 0 Å². The molecule has 0 amide bonds. The van der Waals surface area contributed by atoms with Gasteiger partial charge in [0.25, 0.3) is 0 Å². The van der Waals surface area contributed by atoms with Crippen molar-refractivity contribution in [2.45, 2.75) is 54.4 Å². The van der Waals surface area contributed by atoms with Crippen LogP contribution in [-0.4, -0.2) is 25.8 Å². The highest BCUT2D eigenvalue weighted by molar-refractivity contribution is 6.23. The standard InChI is InChI=1S/C20H30O4/c1-12(2)9-13(3)10-20(5,6)11-15-14(4)16(21)18(23-7)19(24-8)17(15)22/h9,12H,10-11H2,1-8H3/b13-9+. The third-order valence-electron chi connectivity index (χ3n) is 4.12. The van der Waals surface area contributed by atoms with Crippen LogP contribution in [0.2, 0.25) is 0 Å². The summed E-state index contributed by atoms with van der Waals surface area (Å²) in [7, 11) is 2.76. The normalized spacial score (nSPS) is 17.1. The first-order valence-electron chi connectivity index (χ1n) is 8.32. The number of ketones is 2. The van der Waals surface area contributed by atoms with E-state index in [1.165, 1.54) is 19.8 Å². The lowest BCUT2D eigenvalue weighted by molar-refractivity contribution is -0.121. The van der Waals surface area contributed by atoms with Gasteiger partial charge in [0.05, 0.1) is 14.2 Å². The molecule has 134 valence electrons. The summed E-state index contributed by atoms with van der Waals surface area (Å²) in [5.74, 6) is -0.0167. The van der Waals surface area contributed by atoms with Crippen molar-refractivity contribution in [2.24, 2.45) is 11.3 Å². The van der Waals surface area contributed by atoms with E-state index in [1.807, 2.05) is 0 Å². The monoisotopic (exact) mass is 334 g/mol. The van der Waals surface area contributed by atoms with E-state index in [0.29, 0.717) is 23.5 Å². The van der Waals surface area contributed by atoms with Gasteiger partial charge in [-0.3, -0.25) is 9.59 Å². The molecule has 1 rings (SSSR count). The number of carbonyl (C=O) groups is 2. The molecule has 4 heteroatoms. The summed E-state index contributed by atoms with van der Waals surface area (Å²) in [6, 6.07) is 0. The zero-order chi connectivity index (χ0) is 18.7. The fraction of sp³-hybridized carbons (Fsp3) is 0.600. The highest BCUT2D eigenvalue weighted by Crippen LogP contribution is 2.37. The number of allylic oxidation sites excluding steroid dienone is 4. The Kier molecular flexibility index (Phi) is 6.58. The zero-order valence-corrected chi connectivity index (χ0v) is 16.2. The van der Waals surface area contributed by atoms with Gasteiger partial charge < -0.3 is 9.47 Å². The van der Waals surface area contributed by atoms with E-state index in [9.17, 15) is 9.59 Å². The molecule has 0 aliphatic heterocycles. The number of rotatable bonds is 7. The number of hydrogen-bond donors (Lipinski definition) is 0. The van der Waals surface area contributed by atoms with Crippen LogP contribution in [0.5, 0.6) is 0 Å². The first kappa shape index (κ1) is 20.2. The lowest BCUT2D eigenvalue weighted by Crippen LogP contribution is -2.28. The topological polar surface area (TPSA) is 52.6 Å². The average molecular weight is 334 g/mol. The van der Waals surface area contributed by atoms with E-state index in [4.69, 9.17) is 9.47 Å². The summed E-state index contributed by atoms with van der Waals surface area (Å²) in [5, 5.41) is 0. The van der Waals surface area contributed by atoms with Crippen molar-refractivity contribution in [3.05, 3.63) is 34.3 Å². The van der Waals surface area contributed by atoms with Crippen LogP contribution in [-0.2, 0) is 19.1 Å². The second kappa shape index (κ2) is 7.82. The molecular weight excluding hydrogens is 304 g/mol. The molecule has 0 saturated heterocycles. The molecule has 0 N–H and O–H groups in total. The summed E-state index contributed by atoms with van der Waals surface area (Å²) < 4.78 is 10.2. The predicted octanol–water partition coefficient (Wildman–Crippen LogP) is 4.37. The van der Waals surface area contributed by atoms with Gasteiger partial charge in [-0.1, -0.05) is 39.3 Å². The molecule has 0 bridgehead atoms. The Hall–Kier alpha value is -1.84. The van der Waals surface area contributed by atoms with Gasteiger partial charge in [-0.05, 0) is 38.0 Å². The van der Waals surface area contributed by atoms with Crippen molar-refractivity contribution in [1.82, 2.24) is 0 Å². The lowest BCUT2D eigenvalue weighted by Gasteiger charge is -2.29. The van der Waals surface area contributed by atoms with Crippen LogP contribution < -0.4 is 0 Å². The molecule has 0 aromatic rings. The number of hydrogen-bond acceptors (Lipinski definition) is 4. The molecule has 0 saturated carbocycles. The minimum absolute atomic E-state index is 0.00237. The molecule has 1 aliphatic rings. The fourth-order valence-corrected chi connectivity index (χ4v) is 3.33. The van der Waals surface area contributed by atoms with Gasteiger partial charge in [-0.15, -0.1) is 0 Å². The van der Waals surface area contributed by atoms with Gasteiger partial charge >= 0.3 is 0 Å². The van der Waals surface area contributed by atoms with Crippen LogP contribution in [0.15, 0.2) is 34.3 Å². The third kappa shape index (κ3) is 4.59. The Bertz CT molecular complexity index is 616. The van der Waals surface area contributed by atoms with Gasteiger partial charge in [0, 0.05) is 11.1 Å². The van der Waals surface area contributed by atoms with Crippen molar-refractivity contribution < 1.29 is 19.1 Å². The summed E-state index contributed by atoms with van der Waals surface area (Å²) in [5.41, 5.74) is 2.14. The molecule has 0 heterocycles. The van der Waals surface area contributed by atoms with Crippen molar-refractivity contribution in [3.8, 4) is 0 Å². The summed E-state index contributed by atoms with van der Waals surface area (Å²) >= 11 is 0. The maximum Gasteiger partial charge on any atom is 0.228 e. The molecule has 0 radical (unpaired) electrons. The van der Waals surface area contributed by atoms with E-state index in [2.05, 4.69) is 40.7 Å². The predicted molar refractivity (Wildman–Crippen MR) is 95.4 cm³/mol. The van der Waals surface area contributed by atoms with Crippen LogP contribution in [0.1, 0.15) is 54.4 Å². The number of carbonyl (C=O) groups excluding carboxylic acids is 2. The molecule has 0 atom stereocenters. The molecule has 1 aliphatic carbocycles. The Morgan fingerprint density at radius 2 is 1.58 bits per heavy atom. The van der Waals surface area contributed by atoms with Crippen LogP contribution in [0.4, 0.5) is 0 Å². The van der Waals surface area contributed by atoms with Crippen LogP contribution in [0.3, 0.4) is 0 Å². The number of ether oxygens (including phenoxy) is 2. The highest BCUT2D eigenvalue weighted by atomic mass is 16.5. The van der Waals surface area contributed by atoms with E-state index in [-0.39, 0.29) is 28.5 Å². The highest BCUT2D eigenvalue weighted by Gasteiger charge is 2.37. The molecule has 0 aromatic heterocycles. The summed E-state index contributed by atoms with van der Waals surface area (Å²) in [4.78, 5) is 25.2. The zero-order valence-electron chi connectivity index (χ0n) is 16.2. The molecule has 4 nitrogen and oxygen atoms in total.